The Hall–Kier alpha value is -2.04. The molecule has 1 heterocycles. The summed E-state index contributed by atoms with van der Waals surface area (Å²) in [6.07, 6.45) is 0.968. The first kappa shape index (κ1) is 26.0. The second kappa shape index (κ2) is 14.9. The van der Waals surface area contributed by atoms with Gasteiger partial charge in [-0.3, -0.25) is 5.43 Å². The van der Waals surface area contributed by atoms with Crippen molar-refractivity contribution in [3.63, 3.8) is 0 Å². The van der Waals surface area contributed by atoms with E-state index in [0.717, 1.165) is 42.3 Å². The third-order valence-corrected chi connectivity index (χ3v) is 4.33. The third kappa shape index (κ3) is 8.77. The molecule has 0 atom stereocenters. The highest BCUT2D eigenvalue weighted by molar-refractivity contribution is 7.80. The minimum absolute atomic E-state index is 0.461. The molecule has 1 rings (SSSR count). The molecule has 0 radical (unpaired) electrons. The fraction of sp³-hybridized carbons (Fsp3) is 0.556. The fourth-order valence-corrected chi connectivity index (χ4v) is 2.49. The van der Waals surface area contributed by atoms with Crippen LogP contribution >= 0.6 is 24.4 Å². The van der Waals surface area contributed by atoms with Crippen LogP contribution in [0.4, 0.5) is 0 Å². The predicted molar refractivity (Wildman–Crippen MR) is 127 cm³/mol. The van der Waals surface area contributed by atoms with Crippen LogP contribution in [0, 0.1) is 13.8 Å². The van der Waals surface area contributed by atoms with Crippen molar-refractivity contribution in [3.8, 4) is 0 Å². The summed E-state index contributed by atoms with van der Waals surface area (Å²) >= 11 is 9.37. The number of aryl methyl sites for hydroxylation is 1. The molecule has 10 heteroatoms. The summed E-state index contributed by atoms with van der Waals surface area (Å²) in [6.45, 7) is 7.76. The first-order valence-corrected chi connectivity index (χ1v) is 9.79. The third-order valence-electron chi connectivity index (χ3n) is 3.80. The number of hydrogen-bond acceptors (Lipinski definition) is 6. The van der Waals surface area contributed by atoms with Crippen molar-refractivity contribution in [1.82, 2.24) is 26.1 Å². The molecule has 1 aromatic heterocycles. The van der Waals surface area contributed by atoms with E-state index in [1.54, 1.807) is 28.3 Å². The van der Waals surface area contributed by atoms with E-state index in [1.165, 1.54) is 11.2 Å². The van der Waals surface area contributed by atoms with Gasteiger partial charge in [-0.1, -0.05) is 12.2 Å². The van der Waals surface area contributed by atoms with Gasteiger partial charge < -0.3 is 25.4 Å². The molecule has 0 saturated heterocycles. The van der Waals surface area contributed by atoms with Crippen molar-refractivity contribution < 1.29 is 4.74 Å². The Bertz CT molecular complexity index is 684. The lowest BCUT2D eigenvalue weighted by Gasteiger charge is -2.11. The Kier molecular flexibility index (Phi) is 13.9. The number of nitrogens with one attached hydrogen (secondary N) is 4. The van der Waals surface area contributed by atoms with Crippen LogP contribution < -0.4 is 21.5 Å². The van der Waals surface area contributed by atoms with Gasteiger partial charge in [0.25, 0.3) is 0 Å². The maximum atomic E-state index is 5.15. The highest BCUT2D eigenvalue weighted by Crippen LogP contribution is 2.17. The van der Waals surface area contributed by atoms with Gasteiger partial charge in [-0.25, -0.2) is 0 Å². The topological polar surface area (TPSA) is 87.0 Å². The smallest absolute Gasteiger partial charge is 0.186 e. The molecule has 158 valence electrons. The van der Waals surface area contributed by atoms with E-state index in [1.807, 2.05) is 6.92 Å². The van der Waals surface area contributed by atoms with Crippen LogP contribution in [0.3, 0.4) is 0 Å². The number of nitrogens with zero attached hydrogens (tertiary/aromatic N) is 3. The SMILES string of the molecule is CN/N=C(/C(C)=N/NC(=S)NC)c1cc(C)n(CCCOC)c1C.CNC=S. The fourth-order valence-electron chi connectivity index (χ4n) is 2.44. The number of methoxy groups -OCH3 is 1. The van der Waals surface area contributed by atoms with E-state index in [2.05, 4.69) is 68.4 Å². The number of thiocarbonyl (C=S) groups is 2. The van der Waals surface area contributed by atoms with Crippen LogP contribution in [0.25, 0.3) is 0 Å². The lowest BCUT2D eigenvalue weighted by atomic mass is 10.1. The first-order chi connectivity index (χ1) is 13.4. The minimum atomic E-state index is 0.461. The molecule has 0 aromatic carbocycles. The molecule has 0 saturated carbocycles. The average Bonchev–Trinajstić information content (AvgIpc) is 2.98. The van der Waals surface area contributed by atoms with Gasteiger partial charge in [0.15, 0.2) is 5.11 Å². The molecule has 0 spiro atoms. The summed E-state index contributed by atoms with van der Waals surface area (Å²) in [5.41, 5.74) is 12.1. The van der Waals surface area contributed by atoms with Crippen LogP contribution in [0.1, 0.15) is 30.3 Å². The van der Waals surface area contributed by atoms with Gasteiger partial charge in [-0.2, -0.15) is 10.2 Å². The highest BCUT2D eigenvalue weighted by Gasteiger charge is 2.16. The Labute approximate surface area is 179 Å². The van der Waals surface area contributed by atoms with Crippen LogP contribution in [0.15, 0.2) is 16.3 Å². The maximum Gasteiger partial charge on any atom is 0.186 e. The number of ether oxygens (including phenoxy) is 1. The van der Waals surface area contributed by atoms with Gasteiger partial charge in [0.2, 0.25) is 0 Å². The van der Waals surface area contributed by atoms with E-state index >= 15 is 0 Å². The highest BCUT2D eigenvalue weighted by atomic mass is 32.1. The largest absolute Gasteiger partial charge is 0.385 e. The standard InChI is InChI=1S/C16H28N6OS.C2H5NS/c1-11-10-14(13(3)22(11)8-7-9-23-6)15(20-18-5)12(2)19-21-16(24)17-4;1-3-2-4/h10,18H,7-9H2,1-6H3,(H2,17,21,24);2H,1H3,(H,3,4)/b19-12+,20-15-;. The zero-order valence-corrected chi connectivity index (χ0v) is 19.5. The van der Waals surface area contributed by atoms with E-state index in [9.17, 15) is 0 Å². The lowest BCUT2D eigenvalue weighted by molar-refractivity contribution is 0.190. The van der Waals surface area contributed by atoms with Crippen LogP contribution in [0.2, 0.25) is 0 Å². The zero-order valence-electron chi connectivity index (χ0n) is 17.8. The molecule has 1 aromatic rings. The molecule has 0 unspecified atom stereocenters. The van der Waals surface area contributed by atoms with Crippen LogP contribution in [-0.2, 0) is 11.3 Å². The molecular formula is C18H33N7OS2. The number of hydrogen-bond donors (Lipinski definition) is 4. The summed E-state index contributed by atoms with van der Waals surface area (Å²) < 4.78 is 7.42. The van der Waals surface area contributed by atoms with Gasteiger partial charge in [0.1, 0.15) is 5.71 Å². The summed E-state index contributed by atoms with van der Waals surface area (Å²) in [5, 5.41) is 14.6. The van der Waals surface area contributed by atoms with Crippen molar-refractivity contribution >= 4 is 46.5 Å². The van der Waals surface area contributed by atoms with Gasteiger partial charge in [-0.15, -0.1) is 0 Å². The van der Waals surface area contributed by atoms with Crippen molar-refractivity contribution in [2.24, 2.45) is 10.2 Å². The normalized spacial score (nSPS) is 11.2. The Balaban J connectivity index is 0.00000165. The molecule has 0 bridgehead atoms. The monoisotopic (exact) mass is 427 g/mol. The molecule has 0 aliphatic carbocycles. The number of rotatable bonds is 9. The first-order valence-electron chi connectivity index (χ1n) is 8.91. The minimum Gasteiger partial charge on any atom is -0.385 e. The zero-order chi connectivity index (χ0) is 21.5. The van der Waals surface area contributed by atoms with Crippen LogP contribution in [-0.4, -0.2) is 61.5 Å². The van der Waals surface area contributed by atoms with Crippen molar-refractivity contribution in [2.45, 2.75) is 33.7 Å². The van der Waals surface area contributed by atoms with Crippen molar-refractivity contribution in [2.75, 3.05) is 34.9 Å². The molecule has 28 heavy (non-hydrogen) atoms. The Morgan fingerprint density at radius 2 is 1.89 bits per heavy atom. The average molecular weight is 428 g/mol. The van der Waals surface area contributed by atoms with Crippen molar-refractivity contribution in [1.29, 1.82) is 0 Å². The van der Waals surface area contributed by atoms with E-state index in [0.29, 0.717) is 5.11 Å². The molecular weight excluding hydrogens is 394 g/mol. The molecule has 4 N–H and O–H groups in total. The molecule has 0 aliphatic rings. The summed E-state index contributed by atoms with van der Waals surface area (Å²) in [5.74, 6) is 0. The number of aromatic nitrogens is 1. The molecule has 8 nitrogen and oxygen atoms in total. The van der Waals surface area contributed by atoms with E-state index < -0.39 is 0 Å². The second-order valence-corrected chi connectivity index (χ2v) is 6.41. The summed E-state index contributed by atoms with van der Waals surface area (Å²) in [6, 6.07) is 2.13. The van der Waals surface area contributed by atoms with Gasteiger partial charge in [0, 0.05) is 58.4 Å². The van der Waals surface area contributed by atoms with Gasteiger partial charge >= 0.3 is 0 Å². The second-order valence-electron chi connectivity index (χ2n) is 5.76. The molecule has 0 aliphatic heterocycles. The summed E-state index contributed by atoms with van der Waals surface area (Å²) in [7, 11) is 7.01. The van der Waals surface area contributed by atoms with E-state index in [-0.39, 0.29) is 0 Å². The number of hydrazone groups is 2. The lowest BCUT2D eigenvalue weighted by Crippen LogP contribution is -2.30. The Morgan fingerprint density at radius 1 is 1.25 bits per heavy atom. The Morgan fingerprint density at radius 3 is 2.39 bits per heavy atom. The predicted octanol–water partition coefficient (Wildman–Crippen LogP) is 1.70. The quantitative estimate of drug-likeness (QED) is 0.206. The van der Waals surface area contributed by atoms with Crippen molar-refractivity contribution in [3.05, 3.63) is 23.0 Å². The molecule has 0 fully saturated rings. The molecule has 0 amide bonds. The van der Waals surface area contributed by atoms with E-state index in [4.69, 9.17) is 17.0 Å². The maximum absolute atomic E-state index is 5.15. The van der Waals surface area contributed by atoms with Gasteiger partial charge in [0.05, 0.1) is 11.2 Å². The summed E-state index contributed by atoms with van der Waals surface area (Å²) in [4.78, 5) is 0. The van der Waals surface area contributed by atoms with Crippen LogP contribution in [0.5, 0.6) is 0 Å². The van der Waals surface area contributed by atoms with Gasteiger partial charge in [-0.05, 0) is 45.5 Å².